The van der Waals surface area contributed by atoms with Crippen LogP contribution in [-0.2, 0) is 9.53 Å². The largest absolute Gasteiger partial charge is 0.573 e. The summed E-state index contributed by atoms with van der Waals surface area (Å²) in [5.41, 5.74) is 1.36. The van der Waals surface area contributed by atoms with Gasteiger partial charge in [0.05, 0.1) is 36.1 Å². The summed E-state index contributed by atoms with van der Waals surface area (Å²) in [4.78, 5) is 12.3. The topological polar surface area (TPSA) is 56.8 Å². The van der Waals surface area contributed by atoms with Crippen LogP contribution >= 0.6 is 35.6 Å². The van der Waals surface area contributed by atoms with Gasteiger partial charge in [-0.15, -0.1) is 24.9 Å². The summed E-state index contributed by atoms with van der Waals surface area (Å²) in [6, 6.07) is 9.41. The molecule has 0 radical (unpaired) electrons. The van der Waals surface area contributed by atoms with Crippen molar-refractivity contribution in [2.75, 3.05) is 19.5 Å². The first kappa shape index (κ1) is 23.5. The molecule has 2 aromatic rings. The van der Waals surface area contributed by atoms with Gasteiger partial charge in [-0.1, -0.05) is 36.0 Å². The van der Waals surface area contributed by atoms with Crippen molar-refractivity contribution in [3.05, 3.63) is 52.5 Å². The van der Waals surface area contributed by atoms with Crippen LogP contribution in [0, 0.1) is 0 Å². The summed E-state index contributed by atoms with van der Waals surface area (Å²) in [5, 5.41) is 2.20. The highest BCUT2D eigenvalue weighted by molar-refractivity contribution is 8.02. The van der Waals surface area contributed by atoms with E-state index in [9.17, 15) is 18.0 Å². The van der Waals surface area contributed by atoms with Gasteiger partial charge in [0.15, 0.2) is 11.5 Å². The van der Waals surface area contributed by atoms with Crippen LogP contribution in [0.2, 0.25) is 5.02 Å². The number of carbonyl (C=O) groups excluding carboxylic acids is 1. The lowest BCUT2D eigenvalue weighted by molar-refractivity contribution is -0.275. The average molecular weight is 492 g/mol. The normalized spacial score (nSPS) is 18.5. The maximum Gasteiger partial charge on any atom is 0.573 e. The van der Waals surface area contributed by atoms with Crippen molar-refractivity contribution in [2.24, 2.45) is 0 Å². The van der Waals surface area contributed by atoms with E-state index in [0.29, 0.717) is 21.3 Å². The Bertz CT molecular complexity index is 1000. The molecule has 0 amide bonds. The molecule has 1 aliphatic rings. The van der Waals surface area contributed by atoms with Crippen LogP contribution in [0.1, 0.15) is 22.8 Å². The third-order valence-electron chi connectivity index (χ3n) is 4.46. The van der Waals surface area contributed by atoms with E-state index in [2.05, 4.69) is 10.1 Å². The quantitative estimate of drug-likeness (QED) is 0.422. The van der Waals surface area contributed by atoms with Gasteiger partial charge in [-0.3, -0.25) is 4.79 Å². The molecule has 2 aromatic carbocycles. The summed E-state index contributed by atoms with van der Waals surface area (Å²) < 4.78 is 53.8. The number of esters is 1. The lowest BCUT2D eigenvalue weighted by atomic mass is 10.0. The Morgan fingerprint density at radius 2 is 1.97 bits per heavy atom. The molecule has 2 unspecified atom stereocenters. The smallest absolute Gasteiger partial charge is 0.493 e. The molecule has 31 heavy (non-hydrogen) atoms. The average Bonchev–Trinajstić information content (AvgIpc) is 2.83. The number of para-hydroxylation sites is 1. The molecule has 1 heterocycles. The predicted molar refractivity (Wildman–Crippen MR) is 117 cm³/mol. The van der Waals surface area contributed by atoms with Gasteiger partial charge in [0.1, 0.15) is 0 Å². The Morgan fingerprint density at radius 3 is 2.61 bits per heavy atom. The maximum atomic E-state index is 13.2. The van der Waals surface area contributed by atoms with Crippen molar-refractivity contribution in [3.63, 3.8) is 0 Å². The number of thiocarbonyl (C=S) groups is 1. The highest BCUT2D eigenvalue weighted by Gasteiger charge is 2.38. The number of ether oxygens (including phenoxy) is 3. The summed E-state index contributed by atoms with van der Waals surface area (Å²) in [7, 11) is 2.51. The van der Waals surface area contributed by atoms with Crippen molar-refractivity contribution in [2.45, 2.75) is 23.3 Å². The van der Waals surface area contributed by atoms with Crippen molar-refractivity contribution in [3.8, 4) is 11.5 Å². The van der Waals surface area contributed by atoms with Crippen LogP contribution in [0.5, 0.6) is 11.5 Å². The number of halogens is 4. The summed E-state index contributed by atoms with van der Waals surface area (Å²) in [5.74, 6) is -1.05. The molecule has 1 aliphatic heterocycles. The number of alkyl halides is 3. The molecular weight excluding hydrogens is 475 g/mol. The Balaban J connectivity index is 2.18. The molecule has 0 aromatic heterocycles. The SMILES string of the molecule is COC(=O)CC1SC(c2cccc(OC)c2OC(F)(F)F)c2cc(Cl)ccc2NC1=S. The molecule has 0 spiro atoms. The highest BCUT2D eigenvalue weighted by Crippen LogP contribution is 2.51. The van der Waals surface area contributed by atoms with Gasteiger partial charge in [-0.25, -0.2) is 0 Å². The minimum Gasteiger partial charge on any atom is -0.493 e. The van der Waals surface area contributed by atoms with Crippen molar-refractivity contribution in [1.82, 2.24) is 0 Å². The highest BCUT2D eigenvalue weighted by atomic mass is 35.5. The fourth-order valence-corrected chi connectivity index (χ4v) is 5.08. The van der Waals surface area contributed by atoms with E-state index in [0.717, 1.165) is 0 Å². The Morgan fingerprint density at radius 1 is 1.23 bits per heavy atom. The van der Waals surface area contributed by atoms with Crippen molar-refractivity contribution >= 4 is 52.2 Å². The van der Waals surface area contributed by atoms with E-state index in [1.807, 2.05) is 0 Å². The molecule has 3 rings (SSSR count). The summed E-state index contributed by atoms with van der Waals surface area (Å²) in [6.45, 7) is 0. The van der Waals surface area contributed by atoms with E-state index >= 15 is 0 Å². The van der Waals surface area contributed by atoms with Crippen LogP contribution in [0.3, 0.4) is 0 Å². The van der Waals surface area contributed by atoms with Gasteiger partial charge in [0.25, 0.3) is 0 Å². The zero-order valence-electron chi connectivity index (χ0n) is 16.3. The molecule has 0 bridgehead atoms. The fraction of sp³-hybridized carbons (Fsp3) is 0.300. The van der Waals surface area contributed by atoms with Gasteiger partial charge >= 0.3 is 12.3 Å². The molecule has 166 valence electrons. The van der Waals surface area contributed by atoms with Gasteiger partial charge < -0.3 is 19.5 Å². The third kappa shape index (κ3) is 5.55. The number of hydrogen-bond acceptors (Lipinski definition) is 6. The molecule has 0 aliphatic carbocycles. The van der Waals surface area contributed by atoms with Crippen LogP contribution < -0.4 is 14.8 Å². The van der Waals surface area contributed by atoms with Crippen LogP contribution in [0.15, 0.2) is 36.4 Å². The van der Waals surface area contributed by atoms with E-state index in [4.69, 9.17) is 33.3 Å². The van der Waals surface area contributed by atoms with Crippen LogP contribution in [0.4, 0.5) is 18.9 Å². The first-order valence-electron chi connectivity index (χ1n) is 8.88. The van der Waals surface area contributed by atoms with Crippen molar-refractivity contribution in [1.29, 1.82) is 0 Å². The zero-order chi connectivity index (χ0) is 22.8. The van der Waals surface area contributed by atoms with Crippen molar-refractivity contribution < 1.29 is 32.2 Å². The molecule has 0 fully saturated rings. The minimum atomic E-state index is -4.94. The van der Waals surface area contributed by atoms with Gasteiger partial charge in [0, 0.05) is 16.3 Å². The summed E-state index contributed by atoms with van der Waals surface area (Å²) >= 11 is 12.8. The van der Waals surface area contributed by atoms with E-state index < -0.39 is 28.6 Å². The number of anilines is 1. The van der Waals surface area contributed by atoms with Crippen LogP contribution in [0.25, 0.3) is 0 Å². The monoisotopic (exact) mass is 491 g/mol. The Labute approximate surface area is 191 Å². The minimum absolute atomic E-state index is 0.0648. The van der Waals surface area contributed by atoms with Gasteiger partial charge in [0.2, 0.25) is 0 Å². The Kier molecular flexibility index (Phi) is 7.23. The van der Waals surface area contributed by atoms with Gasteiger partial charge in [-0.05, 0) is 29.8 Å². The van der Waals surface area contributed by atoms with E-state index in [-0.39, 0.29) is 17.7 Å². The van der Waals surface area contributed by atoms with E-state index in [1.54, 1.807) is 24.3 Å². The lowest BCUT2D eigenvalue weighted by Gasteiger charge is -2.24. The van der Waals surface area contributed by atoms with Gasteiger partial charge in [-0.2, -0.15) is 0 Å². The molecular formula is C20H17ClF3NO4S2. The molecule has 11 heteroatoms. The summed E-state index contributed by atoms with van der Waals surface area (Å²) in [6.07, 6.45) is -5.00. The first-order chi connectivity index (χ1) is 14.6. The standard InChI is InChI=1S/C20H17ClF3NO4S2/c1-27-14-5-3-4-11(17(14)29-20(22,23)24)18-12-8-10(21)6-7-13(12)25-19(30)15(31-18)9-16(26)28-2/h3-8,15,18H,9H2,1-2H3,(H,25,30). The molecule has 2 atom stereocenters. The molecule has 0 saturated heterocycles. The fourth-order valence-electron chi connectivity index (χ4n) is 3.12. The number of fused-ring (bicyclic) bond motifs is 1. The number of carbonyl (C=O) groups is 1. The number of methoxy groups -OCH3 is 2. The number of thioether (sulfide) groups is 1. The van der Waals surface area contributed by atoms with Crippen LogP contribution in [-0.4, -0.2) is 36.8 Å². The number of nitrogens with one attached hydrogen (secondary N) is 1. The number of rotatable bonds is 5. The second-order valence-corrected chi connectivity index (χ2v) is 8.62. The second kappa shape index (κ2) is 9.54. The maximum absolute atomic E-state index is 13.2. The lowest BCUT2D eigenvalue weighted by Crippen LogP contribution is -2.25. The third-order valence-corrected chi connectivity index (χ3v) is 6.74. The zero-order valence-corrected chi connectivity index (χ0v) is 18.7. The second-order valence-electron chi connectivity index (χ2n) is 6.43. The Hall–Kier alpha value is -2.17. The number of benzene rings is 2. The number of hydrogen-bond donors (Lipinski definition) is 1. The van der Waals surface area contributed by atoms with E-state index in [1.165, 1.54) is 38.1 Å². The first-order valence-corrected chi connectivity index (χ1v) is 10.6. The predicted octanol–water partition coefficient (Wildman–Crippen LogP) is 5.75. The molecule has 1 N–H and O–H groups in total. The molecule has 0 saturated carbocycles. The molecule has 5 nitrogen and oxygen atoms in total.